The van der Waals surface area contributed by atoms with Crippen molar-refractivity contribution in [1.29, 1.82) is 0 Å². The molecule has 6 nitrogen and oxygen atoms in total. The standard InChI is InChI=1S/C12H16O6/c1-11-7(5-16-9(11)13)12(4-3-8(11)18-12)6-17-10(14)15-2/h7-8H,3-6H2,1-2H3/t7-,8-,11+,12-/m1/s1. The number of ether oxygens (including phenoxy) is 4. The fraction of sp³-hybridized carbons (Fsp3) is 0.833. The zero-order valence-electron chi connectivity index (χ0n) is 10.4. The van der Waals surface area contributed by atoms with Crippen LogP contribution in [0.2, 0.25) is 0 Å². The SMILES string of the molecule is COC(=O)OC[C@@]12CC[C@@H](O1)[C@@]1(C)C(=O)OC[C@@H]21. The lowest BCUT2D eigenvalue weighted by Gasteiger charge is -2.33. The summed E-state index contributed by atoms with van der Waals surface area (Å²) in [5, 5.41) is 0. The Balaban J connectivity index is 1.82. The maximum Gasteiger partial charge on any atom is 0.508 e. The molecule has 0 aromatic rings. The van der Waals surface area contributed by atoms with Crippen molar-refractivity contribution in [2.75, 3.05) is 20.3 Å². The molecule has 0 aliphatic carbocycles. The second-order valence-corrected chi connectivity index (χ2v) is 5.39. The van der Waals surface area contributed by atoms with Gasteiger partial charge in [0.15, 0.2) is 0 Å². The summed E-state index contributed by atoms with van der Waals surface area (Å²) in [6.07, 6.45) is 0.729. The summed E-state index contributed by atoms with van der Waals surface area (Å²) in [6, 6.07) is 0. The number of carbonyl (C=O) groups is 2. The first-order chi connectivity index (χ1) is 8.53. The van der Waals surface area contributed by atoms with Gasteiger partial charge in [-0.05, 0) is 19.8 Å². The molecule has 3 aliphatic heterocycles. The van der Waals surface area contributed by atoms with Crippen LogP contribution < -0.4 is 0 Å². The average Bonchev–Trinajstić information content (AvgIpc) is 2.98. The third kappa shape index (κ3) is 1.27. The summed E-state index contributed by atoms with van der Waals surface area (Å²) < 4.78 is 20.6. The summed E-state index contributed by atoms with van der Waals surface area (Å²) in [4.78, 5) is 22.9. The molecule has 2 bridgehead atoms. The van der Waals surface area contributed by atoms with E-state index in [4.69, 9.17) is 14.2 Å². The largest absolute Gasteiger partial charge is 0.508 e. The minimum absolute atomic E-state index is 0.0408. The molecule has 0 N–H and O–H groups in total. The van der Waals surface area contributed by atoms with E-state index in [0.717, 1.165) is 12.8 Å². The van der Waals surface area contributed by atoms with E-state index in [9.17, 15) is 9.59 Å². The number of rotatable bonds is 2. The van der Waals surface area contributed by atoms with Crippen molar-refractivity contribution in [2.45, 2.75) is 31.5 Å². The second kappa shape index (κ2) is 3.60. The Morgan fingerprint density at radius 3 is 3.06 bits per heavy atom. The quantitative estimate of drug-likeness (QED) is 0.683. The second-order valence-electron chi connectivity index (χ2n) is 5.39. The maximum absolute atomic E-state index is 11.9. The van der Waals surface area contributed by atoms with Crippen molar-refractivity contribution in [1.82, 2.24) is 0 Å². The molecular formula is C12H16O6. The van der Waals surface area contributed by atoms with Crippen LogP contribution >= 0.6 is 0 Å². The van der Waals surface area contributed by atoms with Crippen LogP contribution in [0.25, 0.3) is 0 Å². The average molecular weight is 256 g/mol. The third-order valence-electron chi connectivity index (χ3n) is 4.66. The third-order valence-corrected chi connectivity index (χ3v) is 4.66. The van der Waals surface area contributed by atoms with E-state index in [1.807, 2.05) is 6.92 Å². The minimum Gasteiger partial charge on any atom is -0.465 e. The highest BCUT2D eigenvalue weighted by Crippen LogP contribution is 2.60. The van der Waals surface area contributed by atoms with E-state index < -0.39 is 17.2 Å². The first kappa shape index (κ1) is 11.8. The van der Waals surface area contributed by atoms with Gasteiger partial charge in [-0.25, -0.2) is 4.79 Å². The van der Waals surface area contributed by atoms with Gasteiger partial charge in [-0.3, -0.25) is 4.79 Å². The zero-order chi connectivity index (χ0) is 13.0. The van der Waals surface area contributed by atoms with Gasteiger partial charge in [-0.1, -0.05) is 0 Å². The lowest BCUT2D eigenvalue weighted by molar-refractivity contribution is -0.150. The fourth-order valence-corrected chi connectivity index (χ4v) is 3.59. The van der Waals surface area contributed by atoms with Crippen molar-refractivity contribution in [3.8, 4) is 0 Å². The number of fused-ring (bicyclic) bond motifs is 5. The Kier molecular flexibility index (Phi) is 2.35. The topological polar surface area (TPSA) is 71.1 Å². The van der Waals surface area contributed by atoms with Crippen LogP contribution in [-0.2, 0) is 23.7 Å². The molecule has 0 aromatic carbocycles. The maximum atomic E-state index is 11.9. The van der Waals surface area contributed by atoms with Gasteiger partial charge >= 0.3 is 12.1 Å². The van der Waals surface area contributed by atoms with Crippen LogP contribution in [0.3, 0.4) is 0 Å². The molecule has 0 radical (unpaired) electrons. The lowest BCUT2D eigenvalue weighted by atomic mass is 9.64. The van der Waals surface area contributed by atoms with Gasteiger partial charge in [0.1, 0.15) is 17.6 Å². The fourth-order valence-electron chi connectivity index (χ4n) is 3.59. The monoisotopic (exact) mass is 256 g/mol. The van der Waals surface area contributed by atoms with Crippen LogP contribution in [0.4, 0.5) is 4.79 Å². The molecule has 3 saturated heterocycles. The van der Waals surface area contributed by atoms with Gasteiger partial charge < -0.3 is 18.9 Å². The molecule has 3 aliphatic rings. The van der Waals surface area contributed by atoms with Gasteiger partial charge in [-0.2, -0.15) is 0 Å². The highest BCUT2D eigenvalue weighted by Gasteiger charge is 2.72. The van der Waals surface area contributed by atoms with Gasteiger partial charge in [0, 0.05) is 5.92 Å². The molecule has 0 saturated carbocycles. The van der Waals surface area contributed by atoms with Crippen LogP contribution in [0, 0.1) is 11.3 Å². The van der Waals surface area contributed by atoms with Crippen molar-refractivity contribution in [3.63, 3.8) is 0 Å². The molecular weight excluding hydrogens is 240 g/mol. The van der Waals surface area contributed by atoms with E-state index in [0.29, 0.717) is 6.61 Å². The van der Waals surface area contributed by atoms with Gasteiger partial charge in [0.2, 0.25) is 0 Å². The molecule has 3 heterocycles. The Morgan fingerprint density at radius 1 is 1.56 bits per heavy atom. The number of hydrogen-bond donors (Lipinski definition) is 0. The molecule has 0 unspecified atom stereocenters. The molecule has 0 aromatic heterocycles. The smallest absolute Gasteiger partial charge is 0.465 e. The van der Waals surface area contributed by atoms with Crippen LogP contribution in [0.5, 0.6) is 0 Å². The normalized spacial score (nSPS) is 44.7. The van der Waals surface area contributed by atoms with E-state index >= 15 is 0 Å². The lowest BCUT2D eigenvalue weighted by Crippen LogP contribution is -2.47. The van der Waals surface area contributed by atoms with Crippen molar-refractivity contribution in [3.05, 3.63) is 0 Å². The van der Waals surface area contributed by atoms with Gasteiger partial charge in [0.05, 0.1) is 19.8 Å². The van der Waals surface area contributed by atoms with Crippen molar-refractivity contribution < 1.29 is 28.5 Å². The molecule has 3 rings (SSSR count). The Hall–Kier alpha value is -1.30. The molecule has 100 valence electrons. The predicted octanol–water partition coefficient (Wildman–Crippen LogP) is 0.880. The number of hydrogen-bond acceptors (Lipinski definition) is 6. The van der Waals surface area contributed by atoms with Crippen LogP contribution in [0.15, 0.2) is 0 Å². The summed E-state index contributed by atoms with van der Waals surface area (Å²) in [5.74, 6) is -0.238. The Morgan fingerprint density at radius 2 is 2.33 bits per heavy atom. The van der Waals surface area contributed by atoms with E-state index in [1.54, 1.807) is 0 Å². The van der Waals surface area contributed by atoms with Crippen molar-refractivity contribution in [2.24, 2.45) is 11.3 Å². The van der Waals surface area contributed by atoms with Crippen LogP contribution in [0.1, 0.15) is 19.8 Å². The molecule has 0 amide bonds. The molecule has 4 atom stereocenters. The van der Waals surface area contributed by atoms with E-state index in [1.165, 1.54) is 7.11 Å². The number of cyclic esters (lactones) is 1. The van der Waals surface area contributed by atoms with Crippen molar-refractivity contribution >= 4 is 12.1 Å². The Bertz CT molecular complexity index is 407. The summed E-state index contributed by atoms with van der Waals surface area (Å²) >= 11 is 0. The number of esters is 1. The van der Waals surface area contributed by atoms with Gasteiger partial charge in [0.25, 0.3) is 0 Å². The Labute approximate surface area is 105 Å². The van der Waals surface area contributed by atoms with Crippen LogP contribution in [-0.4, -0.2) is 44.2 Å². The summed E-state index contributed by atoms with van der Waals surface area (Å²) in [6.45, 7) is 2.35. The molecule has 6 heteroatoms. The van der Waals surface area contributed by atoms with E-state index in [-0.39, 0.29) is 24.6 Å². The molecule has 18 heavy (non-hydrogen) atoms. The highest BCUT2D eigenvalue weighted by atomic mass is 16.7. The highest BCUT2D eigenvalue weighted by molar-refractivity contribution is 5.81. The molecule has 0 spiro atoms. The predicted molar refractivity (Wildman–Crippen MR) is 57.8 cm³/mol. The van der Waals surface area contributed by atoms with E-state index in [2.05, 4.69) is 4.74 Å². The minimum atomic E-state index is -0.727. The number of carbonyl (C=O) groups excluding carboxylic acids is 2. The number of methoxy groups -OCH3 is 1. The first-order valence-corrected chi connectivity index (χ1v) is 6.09. The zero-order valence-corrected chi connectivity index (χ0v) is 10.4. The first-order valence-electron chi connectivity index (χ1n) is 6.09. The van der Waals surface area contributed by atoms with Gasteiger partial charge in [-0.15, -0.1) is 0 Å². The molecule has 3 fully saturated rings. The summed E-state index contributed by atoms with van der Waals surface area (Å²) in [7, 11) is 1.26. The summed E-state index contributed by atoms with van der Waals surface area (Å²) in [5.41, 5.74) is -1.17.